The molecule has 1 heterocycles. The van der Waals surface area contributed by atoms with Crippen molar-refractivity contribution < 1.29 is 19.4 Å². The van der Waals surface area contributed by atoms with Gasteiger partial charge in [-0.3, -0.25) is 4.79 Å². The number of aromatic carboxylic acids is 1. The smallest absolute Gasteiger partial charge is 0.352 e. The Bertz CT molecular complexity index is 415. The second-order valence-corrected chi connectivity index (χ2v) is 4.14. The van der Waals surface area contributed by atoms with Gasteiger partial charge in [-0.05, 0) is 18.6 Å². The molecule has 106 valence electrons. The van der Waals surface area contributed by atoms with Crippen LogP contribution >= 0.6 is 0 Å². The van der Waals surface area contributed by atoms with Gasteiger partial charge < -0.3 is 19.7 Å². The molecular weight excluding hydrogens is 248 g/mol. The van der Waals surface area contributed by atoms with E-state index in [1.54, 1.807) is 12.3 Å². The summed E-state index contributed by atoms with van der Waals surface area (Å²) in [5.41, 5.74) is 0.106. The van der Waals surface area contributed by atoms with Crippen molar-refractivity contribution in [2.75, 3.05) is 19.8 Å². The molecule has 0 radical (unpaired) electrons. The number of nitrogens with zero attached hydrogens (tertiary/aromatic N) is 1. The van der Waals surface area contributed by atoms with Crippen LogP contribution in [0, 0.1) is 0 Å². The Balaban J connectivity index is 2.24. The van der Waals surface area contributed by atoms with Crippen molar-refractivity contribution in [3.05, 3.63) is 24.0 Å². The van der Waals surface area contributed by atoms with Crippen LogP contribution in [0.3, 0.4) is 0 Å². The maximum atomic E-state index is 11.6. The molecule has 1 aromatic rings. The molecule has 2 N–H and O–H groups in total. The van der Waals surface area contributed by atoms with Crippen molar-refractivity contribution in [2.24, 2.45) is 0 Å². The van der Waals surface area contributed by atoms with E-state index in [9.17, 15) is 9.59 Å². The number of carbonyl (C=O) groups excluding carboxylic acids is 1. The van der Waals surface area contributed by atoms with Crippen LogP contribution in [0.5, 0.6) is 0 Å². The SMILES string of the molecule is CCCCOCCNC(=O)Cn1cccc1C(=O)O. The molecule has 1 aromatic heterocycles. The highest BCUT2D eigenvalue weighted by molar-refractivity contribution is 5.86. The maximum Gasteiger partial charge on any atom is 0.352 e. The summed E-state index contributed by atoms with van der Waals surface area (Å²) in [4.78, 5) is 22.4. The molecule has 0 saturated carbocycles. The fraction of sp³-hybridized carbons (Fsp3) is 0.538. The zero-order chi connectivity index (χ0) is 14.1. The molecular formula is C13H20N2O4. The number of hydrogen-bond acceptors (Lipinski definition) is 3. The van der Waals surface area contributed by atoms with Crippen molar-refractivity contribution >= 4 is 11.9 Å². The Hall–Kier alpha value is -1.82. The van der Waals surface area contributed by atoms with Crippen molar-refractivity contribution in [3.8, 4) is 0 Å². The maximum absolute atomic E-state index is 11.6. The number of nitrogens with one attached hydrogen (secondary N) is 1. The van der Waals surface area contributed by atoms with E-state index in [4.69, 9.17) is 9.84 Å². The van der Waals surface area contributed by atoms with Gasteiger partial charge in [0.1, 0.15) is 12.2 Å². The van der Waals surface area contributed by atoms with E-state index >= 15 is 0 Å². The molecule has 0 bridgehead atoms. The molecule has 6 heteroatoms. The van der Waals surface area contributed by atoms with Gasteiger partial charge in [0, 0.05) is 19.3 Å². The van der Waals surface area contributed by atoms with Crippen molar-refractivity contribution in [2.45, 2.75) is 26.3 Å². The molecule has 0 saturated heterocycles. The first-order valence-corrected chi connectivity index (χ1v) is 6.38. The topological polar surface area (TPSA) is 80.6 Å². The van der Waals surface area contributed by atoms with Crippen molar-refractivity contribution in [1.29, 1.82) is 0 Å². The molecule has 0 aromatic carbocycles. The zero-order valence-corrected chi connectivity index (χ0v) is 11.1. The first-order chi connectivity index (χ1) is 9.15. The third-order valence-electron chi connectivity index (χ3n) is 2.57. The minimum Gasteiger partial charge on any atom is -0.477 e. The van der Waals surface area contributed by atoms with E-state index in [0.29, 0.717) is 19.8 Å². The van der Waals surface area contributed by atoms with E-state index in [2.05, 4.69) is 12.2 Å². The fourth-order valence-electron chi connectivity index (χ4n) is 1.57. The molecule has 19 heavy (non-hydrogen) atoms. The standard InChI is InChI=1S/C13H20N2O4/c1-2-3-8-19-9-6-14-12(16)10-15-7-4-5-11(15)13(17)18/h4-5,7H,2-3,6,8-10H2,1H3,(H,14,16)(H,17,18). The first-order valence-electron chi connectivity index (χ1n) is 6.38. The average Bonchev–Trinajstić information content (AvgIpc) is 2.81. The average molecular weight is 268 g/mol. The summed E-state index contributed by atoms with van der Waals surface area (Å²) in [6.45, 7) is 3.70. The van der Waals surface area contributed by atoms with Gasteiger partial charge in [-0.15, -0.1) is 0 Å². The highest BCUT2D eigenvalue weighted by Crippen LogP contribution is 2.01. The third kappa shape index (κ3) is 5.56. The van der Waals surface area contributed by atoms with Gasteiger partial charge in [0.15, 0.2) is 0 Å². The Morgan fingerprint density at radius 1 is 1.42 bits per heavy atom. The van der Waals surface area contributed by atoms with Crippen LogP contribution in [0.2, 0.25) is 0 Å². The molecule has 6 nitrogen and oxygen atoms in total. The Kier molecular flexibility index (Phi) is 6.67. The van der Waals surface area contributed by atoms with E-state index < -0.39 is 5.97 Å². The molecule has 0 unspecified atom stereocenters. The molecule has 0 aliphatic carbocycles. The number of carbonyl (C=O) groups is 2. The molecule has 0 aliphatic rings. The Morgan fingerprint density at radius 3 is 2.89 bits per heavy atom. The highest BCUT2D eigenvalue weighted by atomic mass is 16.5. The summed E-state index contributed by atoms with van der Waals surface area (Å²) in [7, 11) is 0. The number of rotatable bonds is 9. The number of unbranched alkanes of at least 4 members (excludes halogenated alkanes) is 1. The van der Waals surface area contributed by atoms with Crippen molar-refractivity contribution in [1.82, 2.24) is 9.88 Å². The van der Waals surface area contributed by atoms with Gasteiger partial charge in [0.05, 0.1) is 6.61 Å². The second-order valence-electron chi connectivity index (χ2n) is 4.14. The normalized spacial score (nSPS) is 10.4. The van der Waals surface area contributed by atoms with Crippen molar-refractivity contribution in [3.63, 3.8) is 0 Å². The number of carboxylic acids is 1. The number of ether oxygens (including phenoxy) is 1. The van der Waals surface area contributed by atoms with Gasteiger partial charge in [-0.1, -0.05) is 13.3 Å². The summed E-state index contributed by atoms with van der Waals surface area (Å²) in [5, 5.41) is 11.6. The van der Waals surface area contributed by atoms with E-state index in [1.807, 2.05) is 0 Å². The van der Waals surface area contributed by atoms with Crippen LogP contribution in [-0.4, -0.2) is 41.3 Å². The molecule has 0 spiro atoms. The summed E-state index contributed by atoms with van der Waals surface area (Å²) in [6.07, 6.45) is 3.66. The molecule has 0 atom stereocenters. The minimum atomic E-state index is -1.04. The van der Waals surface area contributed by atoms with Crippen LogP contribution in [0.15, 0.2) is 18.3 Å². The summed E-state index contributed by atoms with van der Waals surface area (Å²) >= 11 is 0. The number of amides is 1. The Morgan fingerprint density at radius 2 is 2.21 bits per heavy atom. The zero-order valence-electron chi connectivity index (χ0n) is 11.1. The second kappa shape index (κ2) is 8.31. The van der Waals surface area contributed by atoms with Gasteiger partial charge in [-0.25, -0.2) is 4.79 Å². The van der Waals surface area contributed by atoms with Gasteiger partial charge >= 0.3 is 5.97 Å². The lowest BCUT2D eigenvalue weighted by molar-refractivity contribution is -0.121. The molecule has 0 fully saturated rings. The summed E-state index contributed by atoms with van der Waals surface area (Å²) in [6, 6.07) is 3.06. The van der Waals surface area contributed by atoms with Crippen LogP contribution in [0.25, 0.3) is 0 Å². The predicted molar refractivity (Wildman–Crippen MR) is 70.1 cm³/mol. The summed E-state index contributed by atoms with van der Waals surface area (Å²) < 4.78 is 6.70. The monoisotopic (exact) mass is 268 g/mol. The van der Waals surface area contributed by atoms with Crippen LogP contribution in [0.1, 0.15) is 30.3 Å². The quantitative estimate of drug-likeness (QED) is 0.658. The fourth-order valence-corrected chi connectivity index (χ4v) is 1.57. The number of hydrogen-bond donors (Lipinski definition) is 2. The first kappa shape index (κ1) is 15.2. The van der Waals surface area contributed by atoms with E-state index in [1.165, 1.54) is 10.6 Å². The van der Waals surface area contributed by atoms with E-state index in [-0.39, 0.29) is 18.1 Å². The predicted octanol–water partition coefficient (Wildman–Crippen LogP) is 1.12. The molecule has 1 rings (SSSR count). The largest absolute Gasteiger partial charge is 0.477 e. The van der Waals surface area contributed by atoms with Gasteiger partial charge in [-0.2, -0.15) is 0 Å². The molecule has 1 amide bonds. The lowest BCUT2D eigenvalue weighted by Gasteiger charge is -2.08. The van der Waals surface area contributed by atoms with Gasteiger partial charge in [0.25, 0.3) is 0 Å². The number of carboxylic acid groups (broad SMARTS) is 1. The van der Waals surface area contributed by atoms with Crippen LogP contribution in [-0.2, 0) is 16.1 Å². The summed E-state index contributed by atoms with van der Waals surface area (Å²) in [5.74, 6) is -1.27. The van der Waals surface area contributed by atoms with Crippen LogP contribution in [0.4, 0.5) is 0 Å². The lowest BCUT2D eigenvalue weighted by Crippen LogP contribution is -2.31. The lowest BCUT2D eigenvalue weighted by atomic mass is 10.4. The van der Waals surface area contributed by atoms with Crippen LogP contribution < -0.4 is 5.32 Å². The Labute approximate surface area is 112 Å². The highest BCUT2D eigenvalue weighted by Gasteiger charge is 2.10. The number of aromatic nitrogens is 1. The third-order valence-corrected chi connectivity index (χ3v) is 2.57. The minimum absolute atomic E-state index is 0.00356. The van der Waals surface area contributed by atoms with Gasteiger partial charge in [0.2, 0.25) is 5.91 Å². The van der Waals surface area contributed by atoms with E-state index in [0.717, 1.165) is 12.8 Å². The molecule has 0 aliphatic heterocycles.